The molecule has 1 aliphatic heterocycles. The molecule has 1 aliphatic rings. The number of piperazine rings is 1. The van der Waals surface area contributed by atoms with Gasteiger partial charge >= 0.3 is 0 Å². The van der Waals surface area contributed by atoms with E-state index in [-0.39, 0.29) is 11.8 Å². The Morgan fingerprint density at radius 1 is 0.848 bits per heavy atom. The maximum absolute atomic E-state index is 13.2. The van der Waals surface area contributed by atoms with Crippen LogP contribution in [0.15, 0.2) is 78.9 Å². The van der Waals surface area contributed by atoms with Gasteiger partial charge in [0.25, 0.3) is 5.91 Å². The number of carbonyl (C=O) groups excluding carboxylic acids is 2. The molecule has 6 heteroatoms. The molecule has 2 amide bonds. The molecule has 3 aromatic carbocycles. The minimum atomic E-state index is -0.111. The molecule has 3 aromatic rings. The smallest absolute Gasteiger partial charge is 0.256 e. The molecule has 0 spiro atoms. The molecule has 170 valence electrons. The van der Waals surface area contributed by atoms with Crippen LogP contribution in [0, 0.1) is 0 Å². The highest BCUT2D eigenvalue weighted by atomic mass is 16.5. The number of amides is 2. The van der Waals surface area contributed by atoms with Crippen molar-refractivity contribution < 1.29 is 14.3 Å². The van der Waals surface area contributed by atoms with Gasteiger partial charge in [0.15, 0.2) is 0 Å². The minimum absolute atomic E-state index is 0.0474. The molecule has 0 aliphatic carbocycles. The molecule has 1 N–H and O–H groups in total. The van der Waals surface area contributed by atoms with Crippen LogP contribution in [0.3, 0.4) is 0 Å². The maximum Gasteiger partial charge on any atom is 0.256 e. The SMILES string of the molecule is COc1ccc(CCC(=O)Nc2ccccc2C(=O)N2CCN(c3ccccc3)CC2)cc1. The zero-order valence-corrected chi connectivity index (χ0v) is 18.9. The highest BCUT2D eigenvalue weighted by molar-refractivity contribution is 6.03. The van der Waals surface area contributed by atoms with E-state index in [1.165, 1.54) is 5.69 Å². The van der Waals surface area contributed by atoms with E-state index >= 15 is 0 Å². The van der Waals surface area contributed by atoms with E-state index in [4.69, 9.17) is 4.74 Å². The topological polar surface area (TPSA) is 61.9 Å². The van der Waals surface area contributed by atoms with Gasteiger partial charge in [0.1, 0.15) is 5.75 Å². The van der Waals surface area contributed by atoms with Crippen LogP contribution in [0.4, 0.5) is 11.4 Å². The van der Waals surface area contributed by atoms with Gasteiger partial charge in [0, 0.05) is 38.3 Å². The number of benzene rings is 3. The second-order valence-electron chi connectivity index (χ2n) is 8.06. The van der Waals surface area contributed by atoms with Gasteiger partial charge in [-0.25, -0.2) is 0 Å². The quantitative estimate of drug-likeness (QED) is 0.594. The first kappa shape index (κ1) is 22.4. The Balaban J connectivity index is 1.34. The number of para-hydroxylation sites is 2. The number of nitrogens with one attached hydrogen (secondary N) is 1. The molecule has 33 heavy (non-hydrogen) atoms. The third-order valence-corrected chi connectivity index (χ3v) is 5.92. The zero-order chi connectivity index (χ0) is 23.0. The molecule has 4 rings (SSSR count). The predicted molar refractivity (Wildman–Crippen MR) is 131 cm³/mol. The van der Waals surface area contributed by atoms with Gasteiger partial charge in [-0.2, -0.15) is 0 Å². The Hall–Kier alpha value is -3.80. The van der Waals surface area contributed by atoms with E-state index in [0.717, 1.165) is 24.4 Å². The highest BCUT2D eigenvalue weighted by Crippen LogP contribution is 2.21. The van der Waals surface area contributed by atoms with Gasteiger partial charge in [-0.3, -0.25) is 9.59 Å². The number of methoxy groups -OCH3 is 1. The van der Waals surface area contributed by atoms with Crippen molar-refractivity contribution in [2.45, 2.75) is 12.8 Å². The molecule has 0 bridgehead atoms. The number of aryl methyl sites for hydroxylation is 1. The van der Waals surface area contributed by atoms with Crippen molar-refractivity contribution in [3.05, 3.63) is 90.0 Å². The van der Waals surface area contributed by atoms with Crippen molar-refractivity contribution in [1.82, 2.24) is 4.90 Å². The molecular weight excluding hydrogens is 414 g/mol. The lowest BCUT2D eigenvalue weighted by molar-refractivity contribution is -0.116. The maximum atomic E-state index is 13.2. The number of hydrogen-bond donors (Lipinski definition) is 1. The van der Waals surface area contributed by atoms with E-state index in [2.05, 4.69) is 22.3 Å². The molecule has 0 aromatic heterocycles. The number of nitrogens with zero attached hydrogens (tertiary/aromatic N) is 2. The van der Waals surface area contributed by atoms with E-state index < -0.39 is 0 Å². The number of hydrogen-bond acceptors (Lipinski definition) is 4. The van der Waals surface area contributed by atoms with Crippen molar-refractivity contribution in [3.8, 4) is 5.75 Å². The summed E-state index contributed by atoms with van der Waals surface area (Å²) in [5, 5.41) is 2.94. The molecule has 0 saturated carbocycles. The molecule has 1 fully saturated rings. The summed E-state index contributed by atoms with van der Waals surface area (Å²) in [5.41, 5.74) is 3.33. The molecule has 1 heterocycles. The van der Waals surface area contributed by atoms with Crippen LogP contribution in [-0.2, 0) is 11.2 Å². The van der Waals surface area contributed by atoms with Crippen LogP contribution in [-0.4, -0.2) is 50.0 Å². The summed E-state index contributed by atoms with van der Waals surface area (Å²) in [7, 11) is 1.63. The molecule has 6 nitrogen and oxygen atoms in total. The summed E-state index contributed by atoms with van der Waals surface area (Å²) in [6, 6.07) is 25.2. The molecule has 0 atom stereocenters. The van der Waals surface area contributed by atoms with Crippen molar-refractivity contribution in [1.29, 1.82) is 0 Å². The Labute approximate surface area is 194 Å². The van der Waals surface area contributed by atoms with E-state index in [9.17, 15) is 9.59 Å². The van der Waals surface area contributed by atoms with Gasteiger partial charge in [-0.05, 0) is 48.4 Å². The monoisotopic (exact) mass is 443 g/mol. The second kappa shape index (κ2) is 10.7. The number of carbonyl (C=O) groups is 2. The molecule has 0 unspecified atom stereocenters. The Morgan fingerprint density at radius 3 is 2.21 bits per heavy atom. The van der Waals surface area contributed by atoms with Gasteiger partial charge in [0.2, 0.25) is 5.91 Å². The molecular formula is C27H29N3O3. The van der Waals surface area contributed by atoms with Crippen LogP contribution in [0.2, 0.25) is 0 Å². The largest absolute Gasteiger partial charge is 0.497 e. The minimum Gasteiger partial charge on any atom is -0.497 e. The Bertz CT molecular complexity index is 1080. The van der Waals surface area contributed by atoms with Crippen molar-refractivity contribution in [2.24, 2.45) is 0 Å². The second-order valence-corrected chi connectivity index (χ2v) is 8.06. The summed E-state index contributed by atoms with van der Waals surface area (Å²) in [5.74, 6) is 0.633. The summed E-state index contributed by atoms with van der Waals surface area (Å²) >= 11 is 0. The molecule has 1 saturated heterocycles. The average Bonchev–Trinajstić information content (AvgIpc) is 2.88. The third-order valence-electron chi connectivity index (χ3n) is 5.92. The lowest BCUT2D eigenvalue weighted by Crippen LogP contribution is -2.48. The highest BCUT2D eigenvalue weighted by Gasteiger charge is 2.24. The lowest BCUT2D eigenvalue weighted by atomic mass is 10.1. The van der Waals surface area contributed by atoms with Crippen molar-refractivity contribution >= 4 is 23.2 Å². The normalized spacial score (nSPS) is 13.5. The van der Waals surface area contributed by atoms with E-state index in [0.29, 0.717) is 37.2 Å². The van der Waals surface area contributed by atoms with Gasteiger partial charge in [-0.15, -0.1) is 0 Å². The van der Waals surface area contributed by atoms with Crippen LogP contribution in [0.25, 0.3) is 0 Å². The fourth-order valence-electron chi connectivity index (χ4n) is 4.02. The fourth-order valence-corrected chi connectivity index (χ4v) is 4.02. The van der Waals surface area contributed by atoms with Gasteiger partial charge in [0.05, 0.1) is 18.4 Å². The summed E-state index contributed by atoms with van der Waals surface area (Å²) < 4.78 is 5.17. The number of ether oxygens (including phenoxy) is 1. The number of rotatable bonds is 7. The van der Waals surface area contributed by atoms with Gasteiger partial charge < -0.3 is 19.9 Å². The third kappa shape index (κ3) is 5.71. The van der Waals surface area contributed by atoms with Crippen LogP contribution in [0.1, 0.15) is 22.3 Å². The average molecular weight is 444 g/mol. The zero-order valence-electron chi connectivity index (χ0n) is 18.9. The van der Waals surface area contributed by atoms with Crippen LogP contribution < -0.4 is 15.0 Å². The van der Waals surface area contributed by atoms with Gasteiger partial charge in [-0.1, -0.05) is 42.5 Å². The first-order valence-corrected chi connectivity index (χ1v) is 11.2. The predicted octanol–water partition coefficient (Wildman–Crippen LogP) is 4.23. The Kier molecular flexibility index (Phi) is 7.25. The van der Waals surface area contributed by atoms with Crippen LogP contribution in [0.5, 0.6) is 5.75 Å². The number of anilines is 2. The lowest BCUT2D eigenvalue weighted by Gasteiger charge is -2.36. The Morgan fingerprint density at radius 2 is 1.52 bits per heavy atom. The first-order valence-electron chi connectivity index (χ1n) is 11.2. The summed E-state index contributed by atoms with van der Waals surface area (Å²) in [6.45, 7) is 2.86. The van der Waals surface area contributed by atoms with E-state index in [1.54, 1.807) is 19.2 Å². The van der Waals surface area contributed by atoms with Crippen molar-refractivity contribution in [3.63, 3.8) is 0 Å². The standard InChI is InChI=1S/C27H29N3O3/c1-33-23-14-11-21(12-15-23)13-16-26(31)28-25-10-6-5-9-24(25)27(32)30-19-17-29(18-20-30)22-7-3-2-4-8-22/h2-12,14-15H,13,16-20H2,1H3,(H,28,31). The summed E-state index contributed by atoms with van der Waals surface area (Å²) in [4.78, 5) is 30.0. The van der Waals surface area contributed by atoms with Crippen LogP contribution >= 0.6 is 0 Å². The van der Waals surface area contributed by atoms with E-state index in [1.807, 2.05) is 59.5 Å². The summed E-state index contributed by atoms with van der Waals surface area (Å²) in [6.07, 6.45) is 0.956. The fraction of sp³-hybridized carbons (Fsp3) is 0.259. The van der Waals surface area contributed by atoms with Crippen molar-refractivity contribution in [2.75, 3.05) is 43.5 Å². The molecule has 0 radical (unpaired) electrons. The first-order chi connectivity index (χ1) is 16.1.